The normalized spacial score (nSPS) is 16.2. The maximum atomic E-state index is 4.67. The van der Waals surface area contributed by atoms with Crippen LogP contribution in [0.2, 0.25) is 0 Å². The van der Waals surface area contributed by atoms with Gasteiger partial charge in [0.05, 0.1) is 0 Å². The van der Waals surface area contributed by atoms with Gasteiger partial charge in [-0.25, -0.2) is 4.98 Å². The Hall–Kier alpha value is -1.85. The van der Waals surface area contributed by atoms with E-state index >= 15 is 0 Å². The first kappa shape index (κ1) is 14.7. The number of pyridine rings is 1. The molecule has 3 heterocycles. The van der Waals surface area contributed by atoms with E-state index in [9.17, 15) is 0 Å². The minimum absolute atomic E-state index is 1.04. The molecule has 0 bridgehead atoms. The van der Waals surface area contributed by atoms with E-state index in [1.54, 1.807) is 0 Å². The van der Waals surface area contributed by atoms with Crippen LogP contribution in [0.1, 0.15) is 0 Å². The number of hydrogen-bond acceptors (Lipinski definition) is 3. The van der Waals surface area contributed by atoms with Crippen molar-refractivity contribution in [2.75, 3.05) is 38.1 Å². The molecular formula is C18H19BrN4. The van der Waals surface area contributed by atoms with Crippen LogP contribution < -0.4 is 4.90 Å². The Morgan fingerprint density at radius 1 is 1.04 bits per heavy atom. The molecule has 118 valence electrons. The maximum absolute atomic E-state index is 4.67. The minimum Gasteiger partial charge on any atom is -0.354 e. The number of benzene rings is 1. The van der Waals surface area contributed by atoms with Crippen LogP contribution in [-0.2, 0) is 0 Å². The molecule has 3 aromatic rings. The van der Waals surface area contributed by atoms with Crippen molar-refractivity contribution in [3.8, 4) is 11.3 Å². The highest BCUT2D eigenvalue weighted by Gasteiger charge is 2.15. The predicted molar refractivity (Wildman–Crippen MR) is 98.9 cm³/mol. The number of hydrogen-bond donors (Lipinski definition) is 1. The third-order valence-corrected chi connectivity index (χ3v) is 4.96. The summed E-state index contributed by atoms with van der Waals surface area (Å²) in [6.07, 6.45) is 1.97. The predicted octanol–water partition coefficient (Wildman–Crippen LogP) is 3.74. The van der Waals surface area contributed by atoms with Gasteiger partial charge in [-0.1, -0.05) is 15.9 Å². The fraction of sp³-hybridized carbons (Fsp3) is 0.278. The van der Waals surface area contributed by atoms with E-state index in [0.717, 1.165) is 53.2 Å². The zero-order valence-electron chi connectivity index (χ0n) is 13.1. The molecule has 1 N–H and O–H groups in total. The molecule has 1 aliphatic rings. The summed E-state index contributed by atoms with van der Waals surface area (Å²) in [6.45, 7) is 4.28. The van der Waals surface area contributed by atoms with Gasteiger partial charge in [-0.3, -0.25) is 0 Å². The van der Waals surface area contributed by atoms with Gasteiger partial charge >= 0.3 is 0 Å². The quantitative estimate of drug-likeness (QED) is 0.745. The Bertz CT molecular complexity index is 817. The van der Waals surface area contributed by atoms with E-state index in [-0.39, 0.29) is 0 Å². The van der Waals surface area contributed by atoms with E-state index in [1.807, 2.05) is 6.20 Å². The second-order valence-corrected chi connectivity index (χ2v) is 7.03. The largest absolute Gasteiger partial charge is 0.354 e. The number of likely N-dealkylation sites (N-methyl/N-ethyl adjacent to an activating group) is 1. The molecule has 4 nitrogen and oxygen atoms in total. The molecule has 4 rings (SSSR count). The monoisotopic (exact) mass is 370 g/mol. The van der Waals surface area contributed by atoms with Crippen LogP contribution in [0, 0.1) is 0 Å². The first-order chi connectivity index (χ1) is 11.2. The third-order valence-electron chi connectivity index (χ3n) is 4.47. The van der Waals surface area contributed by atoms with Crippen LogP contribution in [0.25, 0.3) is 22.2 Å². The summed E-state index contributed by atoms with van der Waals surface area (Å²) in [5.41, 5.74) is 3.37. The maximum Gasteiger partial charge on any atom is 0.128 e. The van der Waals surface area contributed by atoms with Crippen molar-refractivity contribution in [2.45, 2.75) is 0 Å². The summed E-state index contributed by atoms with van der Waals surface area (Å²) in [4.78, 5) is 12.8. The van der Waals surface area contributed by atoms with E-state index in [0.29, 0.717) is 0 Å². The Balaban J connectivity index is 1.59. The van der Waals surface area contributed by atoms with Gasteiger partial charge in [-0.05, 0) is 43.4 Å². The second-order valence-electron chi connectivity index (χ2n) is 6.11. The van der Waals surface area contributed by atoms with Crippen LogP contribution >= 0.6 is 15.9 Å². The average molecular weight is 371 g/mol. The number of aromatic amines is 1. The van der Waals surface area contributed by atoms with Crippen molar-refractivity contribution in [2.24, 2.45) is 0 Å². The summed E-state index contributed by atoms with van der Waals surface area (Å²) >= 11 is 3.52. The lowest BCUT2D eigenvalue weighted by atomic mass is 10.2. The number of halogens is 1. The van der Waals surface area contributed by atoms with Gasteiger partial charge < -0.3 is 14.8 Å². The Morgan fingerprint density at radius 2 is 1.87 bits per heavy atom. The number of aromatic nitrogens is 2. The first-order valence-corrected chi connectivity index (χ1v) is 8.66. The van der Waals surface area contributed by atoms with E-state index in [1.165, 1.54) is 5.39 Å². The average Bonchev–Trinajstić information content (AvgIpc) is 2.99. The van der Waals surface area contributed by atoms with E-state index in [2.05, 4.69) is 79.1 Å². The molecule has 0 aliphatic carbocycles. The summed E-state index contributed by atoms with van der Waals surface area (Å²) in [6, 6.07) is 12.7. The van der Waals surface area contributed by atoms with Gasteiger partial charge in [0.25, 0.3) is 0 Å². The number of nitrogens with one attached hydrogen (secondary N) is 1. The molecule has 0 atom stereocenters. The summed E-state index contributed by atoms with van der Waals surface area (Å²) < 4.78 is 1.10. The molecule has 0 saturated carbocycles. The van der Waals surface area contributed by atoms with Crippen LogP contribution in [-0.4, -0.2) is 48.1 Å². The fourth-order valence-electron chi connectivity index (χ4n) is 3.03. The van der Waals surface area contributed by atoms with Gasteiger partial charge in [-0.2, -0.15) is 0 Å². The lowest BCUT2D eigenvalue weighted by molar-refractivity contribution is 0.312. The molecule has 1 aromatic carbocycles. The molecule has 0 radical (unpaired) electrons. The van der Waals surface area contributed by atoms with Crippen LogP contribution in [0.15, 0.2) is 47.1 Å². The van der Waals surface area contributed by atoms with Crippen molar-refractivity contribution in [1.82, 2.24) is 14.9 Å². The molecule has 1 fully saturated rings. The fourth-order valence-corrected chi connectivity index (χ4v) is 3.41. The Morgan fingerprint density at radius 3 is 2.61 bits per heavy atom. The molecule has 0 spiro atoms. The number of H-pyrrole nitrogens is 1. The summed E-state index contributed by atoms with van der Waals surface area (Å²) in [5, 5.41) is 1.21. The van der Waals surface area contributed by atoms with Crippen molar-refractivity contribution in [3.63, 3.8) is 0 Å². The number of rotatable bonds is 2. The molecular weight excluding hydrogens is 352 g/mol. The van der Waals surface area contributed by atoms with Gasteiger partial charge in [0.2, 0.25) is 0 Å². The zero-order valence-corrected chi connectivity index (χ0v) is 14.7. The smallest absolute Gasteiger partial charge is 0.128 e. The molecule has 2 aromatic heterocycles. The van der Waals surface area contributed by atoms with Crippen LogP contribution in [0.4, 0.5) is 5.82 Å². The highest BCUT2D eigenvalue weighted by Crippen LogP contribution is 2.27. The van der Waals surface area contributed by atoms with Gasteiger partial charge in [0.1, 0.15) is 5.82 Å². The SMILES string of the molecule is CN1CCN(c2ccc(-c3cc4cc(Br)ccc4[nH]3)cn2)CC1. The molecule has 0 unspecified atom stereocenters. The Labute approximate surface area is 144 Å². The highest BCUT2D eigenvalue weighted by atomic mass is 79.9. The summed E-state index contributed by atoms with van der Waals surface area (Å²) in [7, 11) is 2.17. The second kappa shape index (κ2) is 5.98. The number of piperazine rings is 1. The topological polar surface area (TPSA) is 35.2 Å². The van der Waals surface area contributed by atoms with Crippen molar-refractivity contribution in [3.05, 3.63) is 47.1 Å². The molecule has 0 amide bonds. The lowest BCUT2D eigenvalue weighted by Crippen LogP contribution is -2.44. The third kappa shape index (κ3) is 2.99. The van der Waals surface area contributed by atoms with Crippen molar-refractivity contribution >= 4 is 32.7 Å². The summed E-state index contributed by atoms with van der Waals surface area (Å²) in [5.74, 6) is 1.07. The standard InChI is InChI=1S/C18H19BrN4/c1-22-6-8-23(9-7-22)18-5-2-13(12-20-18)17-11-14-10-15(19)3-4-16(14)21-17/h2-5,10-12,21H,6-9H2,1H3. The molecule has 5 heteroatoms. The van der Waals surface area contributed by atoms with Crippen molar-refractivity contribution < 1.29 is 0 Å². The molecule has 1 aliphatic heterocycles. The van der Waals surface area contributed by atoms with Gasteiger partial charge in [0, 0.05) is 59.0 Å². The first-order valence-electron chi connectivity index (χ1n) is 7.87. The number of nitrogens with zero attached hydrogens (tertiary/aromatic N) is 3. The van der Waals surface area contributed by atoms with E-state index < -0.39 is 0 Å². The lowest BCUT2D eigenvalue weighted by Gasteiger charge is -2.33. The molecule has 23 heavy (non-hydrogen) atoms. The number of anilines is 1. The van der Waals surface area contributed by atoms with Gasteiger partial charge in [-0.15, -0.1) is 0 Å². The van der Waals surface area contributed by atoms with E-state index in [4.69, 9.17) is 0 Å². The molecule has 1 saturated heterocycles. The van der Waals surface area contributed by atoms with Gasteiger partial charge in [0.15, 0.2) is 0 Å². The number of fused-ring (bicyclic) bond motifs is 1. The van der Waals surface area contributed by atoms with Crippen LogP contribution in [0.5, 0.6) is 0 Å². The van der Waals surface area contributed by atoms with Crippen LogP contribution in [0.3, 0.4) is 0 Å². The highest BCUT2D eigenvalue weighted by molar-refractivity contribution is 9.10. The Kier molecular flexibility index (Phi) is 3.83. The zero-order chi connectivity index (χ0) is 15.8. The van der Waals surface area contributed by atoms with Crippen molar-refractivity contribution in [1.29, 1.82) is 0 Å². The minimum atomic E-state index is 1.04.